The predicted octanol–water partition coefficient (Wildman–Crippen LogP) is 3.57. The lowest BCUT2D eigenvalue weighted by Crippen LogP contribution is -2.37. The number of aromatic nitrogens is 2. The molecule has 29 heavy (non-hydrogen) atoms. The minimum atomic E-state index is -0.117. The minimum absolute atomic E-state index is 0.117. The van der Waals surface area contributed by atoms with E-state index < -0.39 is 0 Å². The molecule has 6 heteroatoms. The molecule has 1 amide bonds. The number of benzene rings is 2. The smallest absolute Gasteiger partial charge is 0.257 e. The Morgan fingerprint density at radius 1 is 1.00 bits per heavy atom. The molecule has 0 bridgehead atoms. The fourth-order valence-corrected chi connectivity index (χ4v) is 3.72. The van der Waals surface area contributed by atoms with Crippen LogP contribution in [0.2, 0.25) is 0 Å². The van der Waals surface area contributed by atoms with Crippen molar-refractivity contribution in [3.63, 3.8) is 0 Å². The van der Waals surface area contributed by atoms with Gasteiger partial charge in [0, 0.05) is 31.7 Å². The van der Waals surface area contributed by atoms with Gasteiger partial charge in [-0.25, -0.2) is 0 Å². The van der Waals surface area contributed by atoms with Crippen LogP contribution in [0, 0.1) is 0 Å². The van der Waals surface area contributed by atoms with Crippen LogP contribution in [0.5, 0.6) is 0 Å². The SMILES string of the molecule is C[C@H](C(=O)N1CCCN(Cc2noc(-c3ccccc3)n2)CC1)c1ccccc1. The molecule has 0 radical (unpaired) electrons. The van der Waals surface area contributed by atoms with E-state index >= 15 is 0 Å². The van der Waals surface area contributed by atoms with Gasteiger partial charge in [0.2, 0.25) is 5.91 Å². The molecule has 1 fully saturated rings. The first-order valence-electron chi connectivity index (χ1n) is 10.1. The second kappa shape index (κ2) is 9.01. The van der Waals surface area contributed by atoms with Gasteiger partial charge in [-0.05, 0) is 31.0 Å². The summed E-state index contributed by atoms with van der Waals surface area (Å²) in [6.07, 6.45) is 0.941. The monoisotopic (exact) mass is 390 g/mol. The summed E-state index contributed by atoms with van der Waals surface area (Å²) < 4.78 is 5.41. The van der Waals surface area contributed by atoms with Crippen LogP contribution in [-0.4, -0.2) is 52.0 Å². The fraction of sp³-hybridized carbons (Fsp3) is 0.348. The molecule has 1 atom stereocenters. The molecule has 6 nitrogen and oxygen atoms in total. The Hall–Kier alpha value is -2.99. The maximum atomic E-state index is 12.9. The summed E-state index contributed by atoms with van der Waals surface area (Å²) in [7, 11) is 0. The first kappa shape index (κ1) is 19.3. The van der Waals surface area contributed by atoms with Crippen LogP contribution in [0.3, 0.4) is 0 Å². The van der Waals surface area contributed by atoms with Gasteiger partial charge in [0.1, 0.15) is 0 Å². The van der Waals surface area contributed by atoms with E-state index in [1.807, 2.05) is 72.5 Å². The van der Waals surface area contributed by atoms with Crippen LogP contribution in [0.25, 0.3) is 11.5 Å². The number of carbonyl (C=O) groups is 1. The molecule has 1 aromatic heterocycles. The summed E-state index contributed by atoms with van der Waals surface area (Å²) in [6, 6.07) is 19.8. The second-order valence-electron chi connectivity index (χ2n) is 7.47. The quantitative estimate of drug-likeness (QED) is 0.666. The van der Waals surface area contributed by atoms with Gasteiger partial charge in [-0.15, -0.1) is 0 Å². The third-order valence-electron chi connectivity index (χ3n) is 5.42. The average Bonchev–Trinajstić information content (AvgIpc) is 3.12. The number of carbonyl (C=O) groups excluding carboxylic acids is 1. The summed E-state index contributed by atoms with van der Waals surface area (Å²) in [4.78, 5) is 21.8. The molecule has 1 aliphatic heterocycles. The highest BCUT2D eigenvalue weighted by Gasteiger charge is 2.25. The van der Waals surface area contributed by atoms with Crippen LogP contribution in [0.1, 0.15) is 30.7 Å². The van der Waals surface area contributed by atoms with Crippen molar-refractivity contribution in [3.8, 4) is 11.5 Å². The van der Waals surface area contributed by atoms with Gasteiger partial charge in [0.25, 0.3) is 5.89 Å². The summed E-state index contributed by atoms with van der Waals surface area (Å²) in [5.41, 5.74) is 1.99. The Balaban J connectivity index is 1.34. The van der Waals surface area contributed by atoms with Gasteiger partial charge < -0.3 is 9.42 Å². The van der Waals surface area contributed by atoms with Crippen molar-refractivity contribution in [2.45, 2.75) is 25.8 Å². The maximum Gasteiger partial charge on any atom is 0.257 e. The highest BCUT2D eigenvalue weighted by atomic mass is 16.5. The molecule has 0 saturated carbocycles. The summed E-state index contributed by atoms with van der Waals surface area (Å²) >= 11 is 0. The lowest BCUT2D eigenvalue weighted by Gasteiger charge is -2.24. The summed E-state index contributed by atoms with van der Waals surface area (Å²) in [6.45, 7) is 5.85. The third-order valence-corrected chi connectivity index (χ3v) is 5.42. The van der Waals surface area contributed by atoms with Gasteiger partial charge in [-0.3, -0.25) is 9.69 Å². The first-order chi connectivity index (χ1) is 14.2. The zero-order chi connectivity index (χ0) is 20.1. The average molecular weight is 390 g/mol. The number of hydrogen-bond donors (Lipinski definition) is 0. The Morgan fingerprint density at radius 2 is 1.72 bits per heavy atom. The largest absolute Gasteiger partial charge is 0.341 e. The molecule has 1 aliphatic rings. The highest BCUT2D eigenvalue weighted by Crippen LogP contribution is 2.20. The topological polar surface area (TPSA) is 62.5 Å². The molecule has 4 rings (SSSR count). The minimum Gasteiger partial charge on any atom is -0.341 e. The normalized spacial score (nSPS) is 16.4. The van der Waals surface area contributed by atoms with Crippen molar-refractivity contribution < 1.29 is 9.32 Å². The molecule has 3 aromatic rings. The summed E-state index contributed by atoms with van der Waals surface area (Å²) in [5, 5.41) is 4.13. The third kappa shape index (κ3) is 4.71. The zero-order valence-corrected chi connectivity index (χ0v) is 16.7. The molecule has 150 valence electrons. The lowest BCUT2D eigenvalue weighted by atomic mass is 10.00. The van der Waals surface area contributed by atoms with Crippen molar-refractivity contribution in [1.29, 1.82) is 0 Å². The van der Waals surface area contributed by atoms with Crippen LogP contribution >= 0.6 is 0 Å². The predicted molar refractivity (Wildman–Crippen MR) is 111 cm³/mol. The molecule has 2 heterocycles. The van der Waals surface area contributed by atoms with E-state index in [2.05, 4.69) is 15.0 Å². The van der Waals surface area contributed by atoms with Crippen LogP contribution in [0.4, 0.5) is 0 Å². The van der Waals surface area contributed by atoms with Crippen LogP contribution < -0.4 is 0 Å². The van der Waals surface area contributed by atoms with Crippen molar-refractivity contribution in [2.24, 2.45) is 0 Å². The Kier molecular flexibility index (Phi) is 6.00. The summed E-state index contributed by atoms with van der Waals surface area (Å²) in [5.74, 6) is 1.31. The van der Waals surface area contributed by atoms with Crippen LogP contribution in [0.15, 0.2) is 65.2 Å². The standard InChI is InChI=1S/C23H26N4O2/c1-18(19-9-4-2-5-10-19)23(28)27-14-8-13-26(15-16-27)17-21-24-22(29-25-21)20-11-6-3-7-12-20/h2-7,9-12,18H,8,13-17H2,1H3/t18-/m0/s1. The number of amides is 1. The van der Waals surface area contributed by atoms with E-state index in [-0.39, 0.29) is 11.8 Å². The Labute approximate surface area is 171 Å². The first-order valence-corrected chi connectivity index (χ1v) is 10.1. The lowest BCUT2D eigenvalue weighted by molar-refractivity contribution is -0.132. The van der Waals surface area contributed by atoms with Crippen molar-refractivity contribution in [1.82, 2.24) is 19.9 Å². The molecule has 0 unspecified atom stereocenters. The number of rotatable bonds is 5. The Bertz CT molecular complexity index is 926. The van der Waals surface area contributed by atoms with Gasteiger partial charge in [-0.1, -0.05) is 53.7 Å². The number of nitrogens with zero attached hydrogens (tertiary/aromatic N) is 4. The number of hydrogen-bond acceptors (Lipinski definition) is 5. The van der Waals surface area contributed by atoms with Gasteiger partial charge in [-0.2, -0.15) is 4.98 Å². The van der Waals surface area contributed by atoms with Crippen molar-refractivity contribution in [2.75, 3.05) is 26.2 Å². The maximum absolute atomic E-state index is 12.9. The zero-order valence-electron chi connectivity index (χ0n) is 16.7. The van der Waals surface area contributed by atoms with E-state index in [1.54, 1.807) is 0 Å². The Morgan fingerprint density at radius 3 is 2.48 bits per heavy atom. The van der Waals surface area contributed by atoms with Crippen LogP contribution in [-0.2, 0) is 11.3 Å². The van der Waals surface area contributed by atoms with Gasteiger partial charge >= 0.3 is 0 Å². The van der Waals surface area contributed by atoms with E-state index in [9.17, 15) is 4.79 Å². The van der Waals surface area contributed by atoms with E-state index in [1.165, 1.54) is 0 Å². The van der Waals surface area contributed by atoms with Crippen molar-refractivity contribution >= 4 is 5.91 Å². The second-order valence-corrected chi connectivity index (χ2v) is 7.47. The van der Waals surface area contributed by atoms with E-state index in [0.29, 0.717) is 18.3 Å². The molecule has 1 saturated heterocycles. The van der Waals surface area contributed by atoms with E-state index in [0.717, 1.165) is 43.7 Å². The van der Waals surface area contributed by atoms with E-state index in [4.69, 9.17) is 4.52 Å². The molecule has 2 aromatic carbocycles. The molecule has 0 N–H and O–H groups in total. The molecular weight excluding hydrogens is 364 g/mol. The van der Waals surface area contributed by atoms with Gasteiger partial charge in [0.15, 0.2) is 5.82 Å². The van der Waals surface area contributed by atoms with Crippen molar-refractivity contribution in [3.05, 3.63) is 72.1 Å². The van der Waals surface area contributed by atoms with Gasteiger partial charge in [0.05, 0.1) is 12.5 Å². The highest BCUT2D eigenvalue weighted by molar-refractivity contribution is 5.83. The molecule has 0 spiro atoms. The fourth-order valence-electron chi connectivity index (χ4n) is 3.72. The molecular formula is C23H26N4O2. The molecule has 0 aliphatic carbocycles.